The van der Waals surface area contributed by atoms with Gasteiger partial charge in [-0.3, -0.25) is 9.69 Å². The Hall–Kier alpha value is -1.75. The summed E-state index contributed by atoms with van der Waals surface area (Å²) in [5, 5.41) is 3.30. The maximum atomic E-state index is 13.4. The number of rotatable bonds is 6. The van der Waals surface area contributed by atoms with E-state index in [0.29, 0.717) is 25.7 Å². The van der Waals surface area contributed by atoms with E-state index in [0.717, 1.165) is 43.0 Å². The number of hydrogen-bond acceptors (Lipinski definition) is 4. The average Bonchev–Trinajstić information content (AvgIpc) is 3.41. The van der Waals surface area contributed by atoms with Crippen LogP contribution in [0.4, 0.5) is 0 Å². The molecule has 0 spiro atoms. The lowest BCUT2D eigenvalue weighted by molar-refractivity contribution is -0.124. The molecule has 4 rings (SSSR count). The highest BCUT2D eigenvalue weighted by Crippen LogP contribution is 2.41. The summed E-state index contributed by atoms with van der Waals surface area (Å²) in [5.74, 6) is 2.04. The van der Waals surface area contributed by atoms with E-state index >= 15 is 0 Å². The lowest BCUT2D eigenvalue weighted by atomic mass is 9.83. The van der Waals surface area contributed by atoms with E-state index in [1.54, 1.807) is 0 Å². The van der Waals surface area contributed by atoms with Gasteiger partial charge in [0.15, 0.2) is 11.5 Å². The van der Waals surface area contributed by atoms with E-state index in [2.05, 4.69) is 30.1 Å². The van der Waals surface area contributed by atoms with E-state index < -0.39 is 0 Å². The number of ether oxygens (including phenoxy) is 2. The molecule has 0 bridgehead atoms. The van der Waals surface area contributed by atoms with Gasteiger partial charge in [-0.2, -0.15) is 0 Å². The van der Waals surface area contributed by atoms with Crippen LogP contribution in [-0.2, 0) is 4.79 Å². The normalized spacial score (nSPS) is 21.6. The SMILES string of the molecule is CC(C)(CNC(=O)C(c1ccc2c(c1)OCCO2)C1CCCC1)N1CCCC1. The Morgan fingerprint density at radius 2 is 1.79 bits per heavy atom. The summed E-state index contributed by atoms with van der Waals surface area (Å²) in [4.78, 5) is 15.9. The molecule has 1 aliphatic carbocycles. The van der Waals surface area contributed by atoms with Crippen molar-refractivity contribution >= 4 is 5.91 Å². The monoisotopic (exact) mass is 386 g/mol. The van der Waals surface area contributed by atoms with Crippen LogP contribution in [0.2, 0.25) is 0 Å². The third-order valence-electron chi connectivity index (χ3n) is 6.74. The van der Waals surface area contributed by atoms with Crippen LogP contribution in [0.3, 0.4) is 0 Å². The molecule has 28 heavy (non-hydrogen) atoms. The molecule has 154 valence electrons. The molecule has 1 aromatic carbocycles. The maximum Gasteiger partial charge on any atom is 0.227 e. The smallest absolute Gasteiger partial charge is 0.227 e. The average molecular weight is 387 g/mol. The number of benzene rings is 1. The van der Waals surface area contributed by atoms with Gasteiger partial charge in [-0.25, -0.2) is 0 Å². The third-order valence-corrected chi connectivity index (χ3v) is 6.74. The predicted molar refractivity (Wildman–Crippen MR) is 110 cm³/mol. The molecule has 1 N–H and O–H groups in total. The van der Waals surface area contributed by atoms with E-state index in [4.69, 9.17) is 9.47 Å². The minimum absolute atomic E-state index is 0.000804. The third kappa shape index (κ3) is 4.14. The van der Waals surface area contributed by atoms with Crippen LogP contribution in [-0.4, -0.2) is 49.2 Å². The van der Waals surface area contributed by atoms with E-state index in [-0.39, 0.29) is 17.4 Å². The minimum Gasteiger partial charge on any atom is -0.486 e. The van der Waals surface area contributed by atoms with Crippen LogP contribution in [0.5, 0.6) is 11.5 Å². The molecule has 2 fully saturated rings. The van der Waals surface area contributed by atoms with Crippen molar-refractivity contribution in [3.63, 3.8) is 0 Å². The highest BCUT2D eigenvalue weighted by atomic mass is 16.6. The fraction of sp³-hybridized carbons (Fsp3) is 0.696. The first-order chi connectivity index (χ1) is 13.5. The number of carbonyl (C=O) groups is 1. The summed E-state index contributed by atoms with van der Waals surface area (Å²) < 4.78 is 11.4. The summed E-state index contributed by atoms with van der Waals surface area (Å²) in [7, 11) is 0. The van der Waals surface area contributed by atoms with Gasteiger partial charge in [0.05, 0.1) is 5.92 Å². The second-order valence-electron chi connectivity index (χ2n) is 9.15. The van der Waals surface area contributed by atoms with E-state index in [1.807, 2.05) is 12.1 Å². The Morgan fingerprint density at radius 3 is 2.50 bits per heavy atom. The van der Waals surface area contributed by atoms with Gasteiger partial charge in [-0.15, -0.1) is 0 Å². The van der Waals surface area contributed by atoms with E-state index in [9.17, 15) is 4.79 Å². The molecule has 1 unspecified atom stereocenters. The summed E-state index contributed by atoms with van der Waals surface area (Å²) in [6.45, 7) is 8.61. The molecule has 1 amide bonds. The fourth-order valence-electron chi connectivity index (χ4n) is 5.03. The first-order valence-corrected chi connectivity index (χ1v) is 11.0. The van der Waals surface area contributed by atoms with Crippen molar-refractivity contribution in [2.75, 3.05) is 32.8 Å². The van der Waals surface area contributed by atoms with Gasteiger partial charge in [0.2, 0.25) is 5.91 Å². The zero-order valence-electron chi connectivity index (χ0n) is 17.3. The molecule has 0 aromatic heterocycles. The summed E-state index contributed by atoms with van der Waals surface area (Å²) in [6.07, 6.45) is 7.22. The fourth-order valence-corrected chi connectivity index (χ4v) is 5.03. The van der Waals surface area contributed by atoms with E-state index in [1.165, 1.54) is 25.7 Å². The van der Waals surface area contributed by atoms with Crippen molar-refractivity contribution in [3.8, 4) is 11.5 Å². The summed E-state index contributed by atoms with van der Waals surface area (Å²) in [6, 6.07) is 6.05. The first-order valence-electron chi connectivity index (χ1n) is 11.0. The molecule has 3 aliphatic rings. The number of likely N-dealkylation sites (tertiary alicyclic amines) is 1. The molecule has 1 aromatic rings. The standard InChI is InChI=1S/C23H34N2O3/c1-23(2,25-11-5-6-12-25)16-24-22(26)21(17-7-3-4-8-17)18-9-10-19-20(15-18)28-14-13-27-19/h9-10,15,17,21H,3-8,11-14,16H2,1-2H3,(H,24,26). The van der Waals surface area contributed by atoms with Crippen molar-refractivity contribution in [1.82, 2.24) is 10.2 Å². The largest absolute Gasteiger partial charge is 0.486 e. The quantitative estimate of drug-likeness (QED) is 0.810. The van der Waals surface area contributed by atoms with Gasteiger partial charge < -0.3 is 14.8 Å². The van der Waals surface area contributed by atoms with Crippen molar-refractivity contribution in [1.29, 1.82) is 0 Å². The topological polar surface area (TPSA) is 50.8 Å². The number of nitrogens with zero attached hydrogens (tertiary/aromatic N) is 1. The molecule has 2 heterocycles. The lowest BCUT2D eigenvalue weighted by Crippen LogP contribution is -2.51. The molecule has 5 heteroatoms. The molecular weight excluding hydrogens is 352 g/mol. The van der Waals surface area contributed by atoms with Crippen LogP contribution in [0.15, 0.2) is 18.2 Å². The van der Waals surface area contributed by atoms with Gasteiger partial charge >= 0.3 is 0 Å². The van der Waals surface area contributed by atoms with Gasteiger partial charge in [-0.05, 0) is 76.2 Å². The van der Waals surface area contributed by atoms with Gasteiger partial charge in [0, 0.05) is 12.1 Å². The Morgan fingerprint density at radius 1 is 1.11 bits per heavy atom. The molecule has 1 saturated heterocycles. The number of hydrogen-bond donors (Lipinski definition) is 1. The predicted octanol–water partition coefficient (Wildman–Crippen LogP) is 3.72. The van der Waals surface area contributed by atoms with Gasteiger partial charge in [-0.1, -0.05) is 18.9 Å². The Kier molecular flexibility index (Phi) is 5.81. The number of nitrogens with one attached hydrogen (secondary N) is 1. The first kappa shape index (κ1) is 19.6. The Balaban J connectivity index is 1.50. The molecular formula is C23H34N2O3. The highest BCUT2D eigenvalue weighted by molar-refractivity contribution is 5.84. The zero-order chi connectivity index (χ0) is 19.6. The second-order valence-corrected chi connectivity index (χ2v) is 9.15. The van der Waals surface area contributed by atoms with Crippen LogP contribution in [0.1, 0.15) is 63.9 Å². The maximum absolute atomic E-state index is 13.4. The second kappa shape index (κ2) is 8.32. The van der Waals surface area contributed by atoms with Crippen LogP contribution >= 0.6 is 0 Å². The highest BCUT2D eigenvalue weighted by Gasteiger charge is 2.35. The number of carbonyl (C=O) groups excluding carboxylic acids is 1. The molecule has 5 nitrogen and oxygen atoms in total. The van der Waals surface area contributed by atoms with Crippen LogP contribution < -0.4 is 14.8 Å². The lowest BCUT2D eigenvalue weighted by Gasteiger charge is -2.36. The molecule has 1 saturated carbocycles. The number of fused-ring (bicyclic) bond motifs is 1. The van der Waals surface area contributed by atoms with Crippen LogP contribution in [0.25, 0.3) is 0 Å². The van der Waals surface area contributed by atoms with Crippen molar-refractivity contribution in [2.45, 2.75) is 63.8 Å². The van der Waals surface area contributed by atoms with Crippen molar-refractivity contribution < 1.29 is 14.3 Å². The molecule has 1 atom stereocenters. The molecule has 2 aliphatic heterocycles. The zero-order valence-corrected chi connectivity index (χ0v) is 17.3. The summed E-state index contributed by atoms with van der Waals surface area (Å²) in [5.41, 5.74) is 1.06. The summed E-state index contributed by atoms with van der Waals surface area (Å²) >= 11 is 0. The Labute approximate surface area is 168 Å². The van der Waals surface area contributed by atoms with Crippen LogP contribution in [0, 0.1) is 5.92 Å². The molecule has 0 radical (unpaired) electrons. The van der Waals surface area contributed by atoms with Gasteiger partial charge in [0.25, 0.3) is 0 Å². The van der Waals surface area contributed by atoms with Crippen molar-refractivity contribution in [3.05, 3.63) is 23.8 Å². The minimum atomic E-state index is -0.104. The van der Waals surface area contributed by atoms with Crippen molar-refractivity contribution in [2.24, 2.45) is 5.92 Å². The number of amides is 1. The van der Waals surface area contributed by atoms with Gasteiger partial charge in [0.1, 0.15) is 13.2 Å². The Bertz CT molecular complexity index is 691.